The highest BCUT2D eigenvalue weighted by Crippen LogP contribution is 2.30. The Balaban J connectivity index is 1.58. The van der Waals surface area contributed by atoms with E-state index in [0.717, 1.165) is 12.8 Å². The maximum Gasteiger partial charge on any atom is 0.253 e. The maximum absolute atomic E-state index is 13.1. The van der Waals surface area contributed by atoms with E-state index in [1.165, 1.54) is 35.6 Å². The van der Waals surface area contributed by atoms with Crippen molar-refractivity contribution in [2.45, 2.75) is 26.2 Å². The number of nitrogens with zero attached hydrogens (tertiary/aromatic N) is 2. The number of aromatic nitrogens is 1. The van der Waals surface area contributed by atoms with Gasteiger partial charge in [0.05, 0.1) is 0 Å². The molecule has 2 heterocycles. The predicted molar refractivity (Wildman–Crippen MR) is 99.6 cm³/mol. The molecule has 1 aliphatic rings. The molecule has 1 aromatic heterocycles. The molecule has 7 heteroatoms. The number of anilines is 1. The van der Waals surface area contributed by atoms with Crippen LogP contribution in [0, 0.1) is 17.7 Å². The molecule has 2 aromatic rings. The summed E-state index contributed by atoms with van der Waals surface area (Å²) in [6.45, 7) is 3.33. The van der Waals surface area contributed by atoms with E-state index in [0.29, 0.717) is 30.2 Å². The molecule has 0 saturated carbocycles. The highest BCUT2D eigenvalue weighted by Gasteiger charge is 2.32. The van der Waals surface area contributed by atoms with E-state index in [1.54, 1.807) is 6.20 Å². The third-order valence-corrected chi connectivity index (χ3v) is 5.61. The van der Waals surface area contributed by atoms with Crippen LogP contribution in [0.25, 0.3) is 0 Å². The van der Waals surface area contributed by atoms with Crippen LogP contribution in [0.1, 0.15) is 36.5 Å². The van der Waals surface area contributed by atoms with Gasteiger partial charge >= 0.3 is 0 Å². The van der Waals surface area contributed by atoms with Gasteiger partial charge in [0.25, 0.3) is 5.91 Å². The van der Waals surface area contributed by atoms with E-state index >= 15 is 0 Å². The van der Waals surface area contributed by atoms with Gasteiger partial charge in [0.2, 0.25) is 5.91 Å². The second kappa shape index (κ2) is 8.40. The third kappa shape index (κ3) is 4.46. The van der Waals surface area contributed by atoms with Crippen molar-refractivity contribution in [3.8, 4) is 0 Å². The van der Waals surface area contributed by atoms with Crippen LogP contribution in [-0.4, -0.2) is 34.8 Å². The molecule has 1 fully saturated rings. The number of nitrogens with one attached hydrogen (secondary N) is 1. The van der Waals surface area contributed by atoms with E-state index in [-0.39, 0.29) is 29.5 Å². The van der Waals surface area contributed by atoms with Crippen LogP contribution in [0.5, 0.6) is 0 Å². The first-order valence-electron chi connectivity index (χ1n) is 8.81. The van der Waals surface area contributed by atoms with Crippen molar-refractivity contribution >= 4 is 28.3 Å². The molecule has 3 rings (SSSR count). The van der Waals surface area contributed by atoms with Crippen molar-refractivity contribution in [1.29, 1.82) is 0 Å². The highest BCUT2D eigenvalue weighted by molar-refractivity contribution is 7.13. The SMILES string of the molecule is CC[C@@H]1CN(C(=O)c2ccc(F)cc2)CC[C@H]1CC(=O)Nc1nccs1. The minimum Gasteiger partial charge on any atom is -0.338 e. The fraction of sp³-hybridized carbons (Fsp3) is 0.421. The first-order valence-corrected chi connectivity index (χ1v) is 9.69. The van der Waals surface area contributed by atoms with Gasteiger partial charge in [-0.1, -0.05) is 13.3 Å². The second-order valence-corrected chi connectivity index (χ2v) is 7.46. The van der Waals surface area contributed by atoms with E-state index in [4.69, 9.17) is 0 Å². The number of rotatable bonds is 5. The number of likely N-dealkylation sites (tertiary alicyclic amines) is 1. The number of amides is 2. The quantitative estimate of drug-likeness (QED) is 0.865. The maximum atomic E-state index is 13.1. The standard InChI is InChI=1S/C19H22FN3O2S/c1-2-13-12-23(18(25)14-3-5-16(20)6-4-14)9-7-15(13)11-17(24)22-19-21-8-10-26-19/h3-6,8,10,13,15H,2,7,9,11-12H2,1H3,(H,21,22,24)/t13-,15+/m1/s1. The number of carbonyl (C=O) groups is 2. The molecule has 138 valence electrons. The van der Waals surface area contributed by atoms with Gasteiger partial charge in [-0.15, -0.1) is 11.3 Å². The Hall–Kier alpha value is -2.28. The molecule has 1 saturated heterocycles. The second-order valence-electron chi connectivity index (χ2n) is 6.56. The molecular weight excluding hydrogens is 353 g/mol. The minimum absolute atomic E-state index is 0.0262. The molecule has 1 N–H and O–H groups in total. The van der Waals surface area contributed by atoms with Crippen LogP contribution >= 0.6 is 11.3 Å². The van der Waals surface area contributed by atoms with Crippen LogP contribution in [0.4, 0.5) is 9.52 Å². The monoisotopic (exact) mass is 375 g/mol. The summed E-state index contributed by atoms with van der Waals surface area (Å²) in [6, 6.07) is 5.65. The molecule has 5 nitrogen and oxygen atoms in total. The molecule has 0 unspecified atom stereocenters. The molecule has 0 aliphatic carbocycles. The zero-order valence-electron chi connectivity index (χ0n) is 14.7. The largest absolute Gasteiger partial charge is 0.338 e. The summed E-state index contributed by atoms with van der Waals surface area (Å²) in [6.07, 6.45) is 3.80. The zero-order chi connectivity index (χ0) is 18.5. The van der Waals surface area contributed by atoms with E-state index < -0.39 is 0 Å². The Morgan fingerprint density at radius 1 is 1.31 bits per heavy atom. The topological polar surface area (TPSA) is 62.3 Å². The molecule has 0 bridgehead atoms. The number of carbonyl (C=O) groups excluding carboxylic acids is 2. The normalized spacial score (nSPS) is 20.0. The van der Waals surface area contributed by atoms with E-state index in [2.05, 4.69) is 17.2 Å². The summed E-state index contributed by atoms with van der Waals surface area (Å²) in [4.78, 5) is 30.8. The summed E-state index contributed by atoms with van der Waals surface area (Å²) in [5.74, 6) is 0.0706. The van der Waals surface area contributed by atoms with Crippen LogP contribution in [0.2, 0.25) is 0 Å². The molecule has 2 amide bonds. The van der Waals surface area contributed by atoms with Gasteiger partial charge in [0.1, 0.15) is 5.82 Å². The van der Waals surface area contributed by atoms with Crippen molar-refractivity contribution in [3.63, 3.8) is 0 Å². The van der Waals surface area contributed by atoms with Crippen molar-refractivity contribution in [2.24, 2.45) is 11.8 Å². The summed E-state index contributed by atoms with van der Waals surface area (Å²) in [5.41, 5.74) is 0.501. The molecule has 26 heavy (non-hydrogen) atoms. The number of piperidine rings is 1. The minimum atomic E-state index is -0.349. The third-order valence-electron chi connectivity index (χ3n) is 4.92. The fourth-order valence-corrected chi connectivity index (χ4v) is 4.01. The average molecular weight is 375 g/mol. The smallest absolute Gasteiger partial charge is 0.253 e. The fourth-order valence-electron chi connectivity index (χ4n) is 3.47. The van der Waals surface area contributed by atoms with Crippen LogP contribution in [-0.2, 0) is 4.79 Å². The number of benzene rings is 1. The first kappa shape index (κ1) is 18.5. The molecular formula is C19H22FN3O2S. The number of halogens is 1. The summed E-state index contributed by atoms with van der Waals surface area (Å²) in [7, 11) is 0. The summed E-state index contributed by atoms with van der Waals surface area (Å²) in [5, 5.41) is 5.27. The van der Waals surface area contributed by atoms with Crippen molar-refractivity contribution in [2.75, 3.05) is 18.4 Å². The predicted octanol–water partition coefficient (Wildman–Crippen LogP) is 3.80. The zero-order valence-corrected chi connectivity index (χ0v) is 15.5. The number of hydrogen-bond donors (Lipinski definition) is 1. The average Bonchev–Trinajstić information content (AvgIpc) is 3.15. The van der Waals surface area contributed by atoms with Crippen LogP contribution in [0.15, 0.2) is 35.8 Å². The van der Waals surface area contributed by atoms with E-state index in [9.17, 15) is 14.0 Å². The first-order chi connectivity index (χ1) is 12.6. The summed E-state index contributed by atoms with van der Waals surface area (Å²) >= 11 is 1.40. The lowest BCUT2D eigenvalue weighted by atomic mass is 9.81. The Kier molecular flexibility index (Phi) is 5.98. The Morgan fingerprint density at radius 2 is 2.08 bits per heavy atom. The molecule has 0 radical (unpaired) electrons. The Bertz CT molecular complexity index is 749. The lowest BCUT2D eigenvalue weighted by Gasteiger charge is -2.38. The van der Waals surface area contributed by atoms with Crippen molar-refractivity contribution in [1.82, 2.24) is 9.88 Å². The van der Waals surface area contributed by atoms with Crippen LogP contribution in [0.3, 0.4) is 0 Å². The van der Waals surface area contributed by atoms with Crippen molar-refractivity contribution < 1.29 is 14.0 Å². The van der Waals surface area contributed by atoms with Crippen LogP contribution < -0.4 is 5.32 Å². The molecule has 0 spiro atoms. The highest BCUT2D eigenvalue weighted by atomic mass is 32.1. The van der Waals surface area contributed by atoms with Gasteiger partial charge in [-0.2, -0.15) is 0 Å². The molecule has 2 atom stereocenters. The van der Waals surface area contributed by atoms with Gasteiger partial charge < -0.3 is 10.2 Å². The number of thiazole rings is 1. The van der Waals surface area contributed by atoms with Gasteiger partial charge in [-0.25, -0.2) is 9.37 Å². The molecule has 1 aliphatic heterocycles. The Labute approximate surface area is 156 Å². The van der Waals surface area contributed by atoms with Crippen molar-refractivity contribution in [3.05, 3.63) is 47.2 Å². The van der Waals surface area contributed by atoms with Gasteiger partial charge in [-0.05, 0) is 42.5 Å². The van der Waals surface area contributed by atoms with Gasteiger partial charge in [0.15, 0.2) is 5.13 Å². The summed E-state index contributed by atoms with van der Waals surface area (Å²) < 4.78 is 13.1. The number of hydrogen-bond acceptors (Lipinski definition) is 4. The van der Waals surface area contributed by atoms with Gasteiger partial charge in [-0.3, -0.25) is 9.59 Å². The molecule has 1 aromatic carbocycles. The Morgan fingerprint density at radius 3 is 2.73 bits per heavy atom. The lowest BCUT2D eigenvalue weighted by Crippen LogP contribution is -2.44. The van der Waals surface area contributed by atoms with E-state index in [1.807, 2.05) is 10.3 Å². The lowest BCUT2D eigenvalue weighted by molar-refractivity contribution is -0.117. The van der Waals surface area contributed by atoms with Gasteiger partial charge in [0, 0.05) is 36.7 Å².